The van der Waals surface area contributed by atoms with Crippen molar-refractivity contribution in [3.05, 3.63) is 29.8 Å². The van der Waals surface area contributed by atoms with Crippen LogP contribution in [0.2, 0.25) is 0 Å². The lowest BCUT2D eigenvalue weighted by Crippen LogP contribution is -2.63. The molecule has 0 unspecified atom stereocenters. The summed E-state index contributed by atoms with van der Waals surface area (Å²) in [6.07, 6.45) is 0.985. The van der Waals surface area contributed by atoms with E-state index in [2.05, 4.69) is 54.4 Å². The van der Waals surface area contributed by atoms with Crippen molar-refractivity contribution in [1.82, 2.24) is 13.7 Å². The highest BCUT2D eigenvalue weighted by Gasteiger charge is 2.31. The molecule has 0 aliphatic carbocycles. The molecule has 23 heavy (non-hydrogen) atoms. The third-order valence-electron chi connectivity index (χ3n) is 4.34. The molecule has 1 N–H and O–H groups in total. The molecule has 0 aromatic heterocycles. The van der Waals surface area contributed by atoms with E-state index in [1.807, 2.05) is 12.1 Å². The Hall–Kier alpha value is -0.883. The van der Waals surface area contributed by atoms with Gasteiger partial charge in [-0.1, -0.05) is 46.8 Å². The zero-order chi connectivity index (χ0) is 17.2. The predicted octanol–water partition coefficient (Wildman–Crippen LogP) is 2.93. The normalized spacial score (nSPS) is 12.0. The minimum absolute atomic E-state index is 0.364. The lowest BCUT2D eigenvalue weighted by atomic mass is 10.1. The van der Waals surface area contributed by atoms with Crippen LogP contribution in [0.1, 0.15) is 40.2 Å². The fourth-order valence-electron chi connectivity index (χ4n) is 2.99. The van der Waals surface area contributed by atoms with Gasteiger partial charge in [0.25, 0.3) is 0 Å². The van der Waals surface area contributed by atoms with Gasteiger partial charge in [0.15, 0.2) is 0 Å². The molecule has 0 atom stereocenters. The summed E-state index contributed by atoms with van der Waals surface area (Å²) in [4.78, 5) is 0. The Kier molecular flexibility index (Phi) is 9.48. The SMILES string of the molecule is CCN(CC)[Si](N(CC)CC)N(CC)CCc1cccc(O)c1. The van der Waals surface area contributed by atoms with Crippen LogP contribution in [0.25, 0.3) is 0 Å². The standard InChI is InChI=1S/C18H34N3OSi/c1-6-19(7-2)23(20(8-3)9-4)21(10-5)15-14-17-12-11-13-18(22)16-17/h11-13,16,22H,6-10,14-15H2,1-5H3. The van der Waals surface area contributed by atoms with Crippen LogP contribution in [0.15, 0.2) is 24.3 Å². The highest BCUT2D eigenvalue weighted by molar-refractivity contribution is 6.49. The van der Waals surface area contributed by atoms with Crippen LogP contribution in [0.5, 0.6) is 5.75 Å². The van der Waals surface area contributed by atoms with E-state index in [-0.39, 0.29) is 0 Å². The van der Waals surface area contributed by atoms with Gasteiger partial charge < -0.3 is 5.11 Å². The van der Waals surface area contributed by atoms with E-state index in [9.17, 15) is 5.11 Å². The van der Waals surface area contributed by atoms with Crippen molar-refractivity contribution >= 4 is 9.28 Å². The Morgan fingerprint density at radius 1 is 0.826 bits per heavy atom. The third-order valence-corrected chi connectivity index (χ3v) is 7.84. The smallest absolute Gasteiger partial charge is 0.327 e. The summed E-state index contributed by atoms with van der Waals surface area (Å²) in [7, 11) is -0.856. The molecule has 0 spiro atoms. The number of benzene rings is 1. The average Bonchev–Trinajstić information content (AvgIpc) is 2.57. The highest BCUT2D eigenvalue weighted by Crippen LogP contribution is 2.13. The highest BCUT2D eigenvalue weighted by atomic mass is 28.3. The number of nitrogens with zero attached hydrogens (tertiary/aromatic N) is 3. The maximum atomic E-state index is 9.65. The number of hydrogen-bond donors (Lipinski definition) is 1. The Labute approximate surface area is 144 Å². The van der Waals surface area contributed by atoms with Crippen LogP contribution in [-0.4, -0.2) is 67.4 Å². The van der Waals surface area contributed by atoms with Crippen LogP contribution < -0.4 is 0 Å². The second kappa shape index (κ2) is 10.8. The number of hydrogen-bond acceptors (Lipinski definition) is 4. The van der Waals surface area contributed by atoms with Gasteiger partial charge in [-0.2, -0.15) is 0 Å². The molecule has 1 aromatic carbocycles. The zero-order valence-corrected chi connectivity index (χ0v) is 16.5. The van der Waals surface area contributed by atoms with Crippen LogP contribution >= 0.6 is 0 Å². The molecule has 131 valence electrons. The van der Waals surface area contributed by atoms with Crippen molar-refractivity contribution in [3.63, 3.8) is 0 Å². The lowest BCUT2D eigenvalue weighted by Gasteiger charge is -2.41. The van der Waals surface area contributed by atoms with Crippen LogP contribution in [0.3, 0.4) is 0 Å². The first-order valence-electron chi connectivity index (χ1n) is 9.00. The van der Waals surface area contributed by atoms with Crippen molar-refractivity contribution in [2.75, 3.05) is 39.3 Å². The number of phenolic OH excluding ortho intramolecular Hbond substituents is 1. The number of likely N-dealkylation sites (N-methyl/N-ethyl adjacent to an activating group) is 1. The van der Waals surface area contributed by atoms with Gasteiger partial charge in [0.05, 0.1) is 0 Å². The van der Waals surface area contributed by atoms with Gasteiger partial charge in [-0.15, -0.1) is 0 Å². The molecular formula is C18H34N3OSi. The molecule has 0 aliphatic heterocycles. The maximum absolute atomic E-state index is 9.65. The summed E-state index contributed by atoms with van der Waals surface area (Å²) in [5, 5.41) is 9.65. The third kappa shape index (κ3) is 5.92. The molecule has 4 nitrogen and oxygen atoms in total. The van der Waals surface area contributed by atoms with Gasteiger partial charge in [-0.05, 0) is 63.4 Å². The monoisotopic (exact) mass is 336 g/mol. The first-order chi connectivity index (χ1) is 11.1. The quantitative estimate of drug-likeness (QED) is 0.629. The van der Waals surface area contributed by atoms with E-state index < -0.39 is 9.28 Å². The fraction of sp³-hybridized carbons (Fsp3) is 0.667. The summed E-state index contributed by atoms with van der Waals surface area (Å²) in [6, 6.07) is 7.66. The topological polar surface area (TPSA) is 30.0 Å². The molecule has 1 rings (SSSR count). The van der Waals surface area contributed by atoms with Crippen LogP contribution in [0.4, 0.5) is 0 Å². The number of aromatic hydroxyl groups is 1. The molecular weight excluding hydrogens is 302 g/mol. The molecule has 0 saturated heterocycles. The van der Waals surface area contributed by atoms with Crippen molar-refractivity contribution in [3.8, 4) is 5.75 Å². The Bertz CT molecular complexity index is 424. The zero-order valence-electron chi connectivity index (χ0n) is 15.5. The van der Waals surface area contributed by atoms with Crippen molar-refractivity contribution < 1.29 is 5.11 Å². The van der Waals surface area contributed by atoms with E-state index in [0.717, 1.165) is 45.7 Å². The molecule has 0 fully saturated rings. The molecule has 1 radical (unpaired) electrons. The van der Waals surface area contributed by atoms with Gasteiger partial charge in [-0.3, -0.25) is 13.7 Å². The average molecular weight is 337 g/mol. The molecule has 0 bridgehead atoms. The second-order valence-corrected chi connectivity index (χ2v) is 8.14. The second-order valence-electron chi connectivity index (χ2n) is 5.64. The Morgan fingerprint density at radius 3 is 1.78 bits per heavy atom. The first kappa shape index (κ1) is 20.2. The predicted molar refractivity (Wildman–Crippen MR) is 101 cm³/mol. The lowest BCUT2D eigenvalue weighted by molar-refractivity contribution is 0.290. The molecule has 0 heterocycles. The summed E-state index contributed by atoms with van der Waals surface area (Å²) >= 11 is 0. The molecule has 0 amide bonds. The van der Waals surface area contributed by atoms with Crippen LogP contribution in [0, 0.1) is 0 Å². The minimum Gasteiger partial charge on any atom is -0.508 e. The Morgan fingerprint density at radius 2 is 1.35 bits per heavy atom. The van der Waals surface area contributed by atoms with Gasteiger partial charge in [-0.25, -0.2) is 0 Å². The molecule has 0 aliphatic rings. The number of rotatable bonds is 11. The van der Waals surface area contributed by atoms with Gasteiger partial charge in [0.1, 0.15) is 5.75 Å². The minimum atomic E-state index is -0.856. The summed E-state index contributed by atoms with van der Waals surface area (Å²) in [6.45, 7) is 17.8. The van der Waals surface area contributed by atoms with Crippen molar-refractivity contribution in [2.45, 2.75) is 41.0 Å². The summed E-state index contributed by atoms with van der Waals surface area (Å²) in [5.41, 5.74) is 1.21. The van der Waals surface area contributed by atoms with Gasteiger partial charge in [0.2, 0.25) is 0 Å². The van der Waals surface area contributed by atoms with Crippen molar-refractivity contribution in [2.24, 2.45) is 0 Å². The maximum Gasteiger partial charge on any atom is 0.327 e. The fourth-order valence-corrected chi connectivity index (χ4v) is 5.91. The molecule has 5 heteroatoms. The van der Waals surface area contributed by atoms with E-state index >= 15 is 0 Å². The summed E-state index contributed by atoms with van der Waals surface area (Å²) in [5.74, 6) is 0.364. The van der Waals surface area contributed by atoms with E-state index in [1.165, 1.54) is 5.56 Å². The molecule has 0 saturated carbocycles. The van der Waals surface area contributed by atoms with Gasteiger partial charge >= 0.3 is 9.28 Å². The van der Waals surface area contributed by atoms with Crippen LogP contribution in [-0.2, 0) is 6.42 Å². The van der Waals surface area contributed by atoms with E-state index in [4.69, 9.17) is 0 Å². The first-order valence-corrected chi connectivity index (χ1v) is 10.3. The van der Waals surface area contributed by atoms with Gasteiger partial charge in [0, 0.05) is 0 Å². The van der Waals surface area contributed by atoms with E-state index in [1.54, 1.807) is 6.07 Å². The molecule has 1 aromatic rings. The summed E-state index contributed by atoms with van der Waals surface area (Å²) < 4.78 is 7.90. The Balaban J connectivity index is 2.86. The van der Waals surface area contributed by atoms with E-state index in [0.29, 0.717) is 5.75 Å². The largest absolute Gasteiger partial charge is 0.508 e. The number of phenols is 1. The van der Waals surface area contributed by atoms with Crippen molar-refractivity contribution in [1.29, 1.82) is 0 Å².